The van der Waals surface area contributed by atoms with E-state index in [0.29, 0.717) is 12.5 Å². The third-order valence-corrected chi connectivity index (χ3v) is 4.65. The number of nitrogens with one attached hydrogen (secondary N) is 1. The number of para-hydroxylation sites is 1. The molecule has 6 nitrogen and oxygen atoms in total. The molecule has 1 saturated heterocycles. The van der Waals surface area contributed by atoms with Crippen molar-refractivity contribution in [2.24, 2.45) is 5.92 Å². The van der Waals surface area contributed by atoms with Crippen molar-refractivity contribution in [2.75, 3.05) is 24.5 Å². The highest BCUT2D eigenvalue weighted by molar-refractivity contribution is 7.77. The van der Waals surface area contributed by atoms with E-state index >= 15 is 0 Å². The van der Waals surface area contributed by atoms with Crippen molar-refractivity contribution in [3.05, 3.63) is 30.6 Å². The molecule has 3 rings (SSSR count). The molecule has 1 aromatic heterocycles. The molecule has 1 aromatic carbocycles. The van der Waals surface area contributed by atoms with Crippen molar-refractivity contribution in [1.29, 1.82) is 0 Å². The maximum absolute atomic E-state index is 10.5. The van der Waals surface area contributed by atoms with E-state index in [1.165, 1.54) is 0 Å². The summed E-state index contributed by atoms with van der Waals surface area (Å²) in [5, 5.41) is 1.09. The highest BCUT2D eigenvalue weighted by Gasteiger charge is 2.21. The summed E-state index contributed by atoms with van der Waals surface area (Å²) in [5.41, 5.74) is 0.969. The third-order valence-electron chi connectivity index (χ3n) is 4.21. The number of hydrogen-bond acceptors (Lipinski definition) is 5. The van der Waals surface area contributed by atoms with Crippen LogP contribution >= 0.6 is 0 Å². The van der Waals surface area contributed by atoms with E-state index in [4.69, 9.17) is 0 Å². The van der Waals surface area contributed by atoms with E-state index in [-0.39, 0.29) is 0 Å². The van der Waals surface area contributed by atoms with Crippen molar-refractivity contribution < 1.29 is 8.76 Å². The van der Waals surface area contributed by atoms with Crippen LogP contribution < -0.4 is 9.62 Å². The first-order chi connectivity index (χ1) is 10.7. The van der Waals surface area contributed by atoms with Gasteiger partial charge in [0, 0.05) is 36.3 Å². The average molecular weight is 319 g/mol. The predicted molar refractivity (Wildman–Crippen MR) is 86.0 cm³/mol. The SMILES string of the molecule is O=S([O-])NCCC1CCN(c2ncnc3ccccc23)CC1. The molecule has 1 aliphatic heterocycles. The van der Waals surface area contributed by atoms with Crippen LogP contribution in [0, 0.1) is 5.92 Å². The van der Waals surface area contributed by atoms with Gasteiger partial charge in [-0.2, -0.15) is 0 Å². The van der Waals surface area contributed by atoms with Gasteiger partial charge in [-0.05, 0) is 37.3 Å². The summed E-state index contributed by atoms with van der Waals surface area (Å²) >= 11 is -2.15. The van der Waals surface area contributed by atoms with Crippen molar-refractivity contribution in [3.63, 3.8) is 0 Å². The van der Waals surface area contributed by atoms with Crippen molar-refractivity contribution >= 4 is 28.0 Å². The summed E-state index contributed by atoms with van der Waals surface area (Å²) in [4.78, 5) is 11.1. The number of anilines is 1. The Morgan fingerprint density at radius 2 is 2.05 bits per heavy atom. The van der Waals surface area contributed by atoms with Crippen LogP contribution in [-0.2, 0) is 11.3 Å². The van der Waals surface area contributed by atoms with Crippen LogP contribution in [0.4, 0.5) is 5.82 Å². The Labute approximate surface area is 132 Å². The average Bonchev–Trinajstić information content (AvgIpc) is 2.55. The van der Waals surface area contributed by atoms with Gasteiger partial charge in [-0.1, -0.05) is 12.1 Å². The fourth-order valence-corrected chi connectivity index (χ4v) is 3.31. The first kappa shape index (κ1) is 15.3. The fourth-order valence-electron chi connectivity index (χ4n) is 3.02. The molecule has 0 spiro atoms. The molecule has 1 N–H and O–H groups in total. The Morgan fingerprint density at radius 3 is 2.82 bits per heavy atom. The van der Waals surface area contributed by atoms with Crippen molar-refractivity contribution in [3.8, 4) is 0 Å². The standard InChI is InChI=1S/C15H20N4O2S/c20-22(21)18-8-5-12-6-9-19(10-7-12)15-13-3-1-2-4-14(13)16-11-17-15/h1-4,11-12,18H,5-10H2,(H,20,21)/p-1. The molecular weight excluding hydrogens is 300 g/mol. The molecule has 1 atom stereocenters. The molecular formula is C15H19N4O2S-. The molecule has 0 radical (unpaired) electrons. The van der Waals surface area contributed by atoms with Gasteiger partial charge in [0.15, 0.2) is 0 Å². The lowest BCUT2D eigenvalue weighted by atomic mass is 9.93. The van der Waals surface area contributed by atoms with E-state index in [1.54, 1.807) is 6.33 Å². The van der Waals surface area contributed by atoms with Crippen LogP contribution in [-0.4, -0.2) is 38.4 Å². The number of aromatic nitrogens is 2. The van der Waals surface area contributed by atoms with E-state index in [2.05, 4.69) is 25.7 Å². The molecule has 1 fully saturated rings. The highest BCUT2D eigenvalue weighted by Crippen LogP contribution is 2.28. The largest absolute Gasteiger partial charge is 0.760 e. The summed E-state index contributed by atoms with van der Waals surface area (Å²) in [6.07, 6.45) is 4.64. The van der Waals surface area contributed by atoms with Gasteiger partial charge in [0.25, 0.3) is 0 Å². The highest BCUT2D eigenvalue weighted by atomic mass is 32.2. The zero-order valence-corrected chi connectivity index (χ0v) is 13.1. The minimum absolute atomic E-state index is 0.525. The molecule has 0 aliphatic carbocycles. The van der Waals surface area contributed by atoms with Gasteiger partial charge < -0.3 is 9.45 Å². The van der Waals surface area contributed by atoms with Crippen LogP contribution in [0.5, 0.6) is 0 Å². The van der Waals surface area contributed by atoms with Crippen molar-refractivity contribution in [2.45, 2.75) is 19.3 Å². The Kier molecular flexibility index (Phi) is 4.97. The Morgan fingerprint density at radius 1 is 1.27 bits per heavy atom. The molecule has 7 heteroatoms. The summed E-state index contributed by atoms with van der Waals surface area (Å²) in [7, 11) is 0. The van der Waals surface area contributed by atoms with Crippen LogP contribution in [0.15, 0.2) is 30.6 Å². The van der Waals surface area contributed by atoms with Crippen LogP contribution in [0.25, 0.3) is 10.9 Å². The second-order valence-corrected chi connectivity index (χ2v) is 6.32. The molecule has 1 aliphatic rings. The van der Waals surface area contributed by atoms with Crippen LogP contribution in [0.1, 0.15) is 19.3 Å². The Balaban J connectivity index is 1.62. The van der Waals surface area contributed by atoms with Crippen LogP contribution in [0.2, 0.25) is 0 Å². The minimum atomic E-state index is -2.15. The molecule has 1 unspecified atom stereocenters. The van der Waals surface area contributed by atoms with Crippen molar-refractivity contribution in [1.82, 2.24) is 14.7 Å². The Hall–Kier alpha value is -1.57. The molecule has 118 valence electrons. The summed E-state index contributed by atoms with van der Waals surface area (Å²) in [5.74, 6) is 1.57. The zero-order chi connectivity index (χ0) is 15.4. The van der Waals surface area contributed by atoms with Crippen LogP contribution in [0.3, 0.4) is 0 Å². The zero-order valence-electron chi connectivity index (χ0n) is 12.3. The third kappa shape index (κ3) is 3.60. The summed E-state index contributed by atoms with van der Waals surface area (Å²) < 4.78 is 23.4. The second kappa shape index (κ2) is 7.13. The lowest BCUT2D eigenvalue weighted by Crippen LogP contribution is -2.35. The first-order valence-electron chi connectivity index (χ1n) is 7.51. The quantitative estimate of drug-likeness (QED) is 0.847. The number of piperidine rings is 1. The first-order valence-corrected chi connectivity index (χ1v) is 8.59. The summed E-state index contributed by atoms with van der Waals surface area (Å²) in [6.45, 7) is 2.43. The summed E-state index contributed by atoms with van der Waals surface area (Å²) in [6, 6.07) is 8.06. The van der Waals surface area contributed by atoms with E-state index in [9.17, 15) is 8.76 Å². The maximum atomic E-state index is 10.5. The normalized spacial score (nSPS) is 17.8. The number of rotatable bonds is 5. The van der Waals surface area contributed by atoms with Gasteiger partial charge in [-0.25, -0.2) is 14.7 Å². The molecule has 0 bridgehead atoms. The van der Waals surface area contributed by atoms with E-state index in [1.807, 2.05) is 18.2 Å². The smallest absolute Gasteiger partial charge is 0.139 e. The molecule has 0 saturated carbocycles. The lowest BCUT2D eigenvalue weighted by Gasteiger charge is -2.33. The minimum Gasteiger partial charge on any atom is -0.760 e. The predicted octanol–water partition coefficient (Wildman–Crippen LogP) is 1.62. The topological polar surface area (TPSA) is 81.2 Å². The van der Waals surface area contributed by atoms with Gasteiger partial charge >= 0.3 is 0 Å². The van der Waals surface area contributed by atoms with Gasteiger partial charge in [-0.15, -0.1) is 0 Å². The Bertz CT molecular complexity index is 654. The van der Waals surface area contributed by atoms with Gasteiger partial charge in [0.1, 0.15) is 12.1 Å². The molecule has 2 aromatic rings. The van der Waals surface area contributed by atoms with Gasteiger partial charge in [0.2, 0.25) is 0 Å². The molecule has 22 heavy (non-hydrogen) atoms. The number of nitrogens with zero attached hydrogens (tertiary/aromatic N) is 3. The van der Waals surface area contributed by atoms with E-state index < -0.39 is 11.3 Å². The molecule has 2 heterocycles. The fraction of sp³-hybridized carbons (Fsp3) is 0.467. The van der Waals surface area contributed by atoms with Gasteiger partial charge in [-0.3, -0.25) is 4.21 Å². The van der Waals surface area contributed by atoms with Gasteiger partial charge in [0.05, 0.1) is 5.52 Å². The maximum Gasteiger partial charge on any atom is 0.139 e. The monoisotopic (exact) mass is 319 g/mol. The lowest BCUT2D eigenvalue weighted by molar-refractivity contribution is 0.380. The molecule has 0 amide bonds. The van der Waals surface area contributed by atoms with E-state index in [0.717, 1.165) is 49.1 Å². The number of benzene rings is 1. The number of fused-ring (bicyclic) bond motifs is 1. The number of hydrogen-bond donors (Lipinski definition) is 1. The second-order valence-electron chi connectivity index (χ2n) is 5.56.